The van der Waals surface area contributed by atoms with Gasteiger partial charge in [-0.15, -0.1) is 5.10 Å². The zero-order chi connectivity index (χ0) is 19.2. The van der Waals surface area contributed by atoms with Gasteiger partial charge in [0.15, 0.2) is 6.61 Å². The van der Waals surface area contributed by atoms with Crippen molar-refractivity contribution < 1.29 is 14.3 Å². The lowest BCUT2D eigenvalue weighted by Gasteiger charge is -2.13. The molecule has 0 atom stereocenters. The molecule has 0 saturated carbocycles. The molecule has 1 aromatic heterocycles. The van der Waals surface area contributed by atoms with Crippen LogP contribution in [-0.2, 0) is 9.53 Å². The van der Waals surface area contributed by atoms with E-state index in [9.17, 15) is 9.59 Å². The van der Waals surface area contributed by atoms with Crippen LogP contribution in [0, 0.1) is 0 Å². The molecule has 1 amide bonds. The molecule has 0 fully saturated rings. The van der Waals surface area contributed by atoms with Gasteiger partial charge in [0.1, 0.15) is 6.33 Å². The van der Waals surface area contributed by atoms with Crippen LogP contribution in [0.2, 0.25) is 0 Å². The molecule has 0 spiro atoms. The Kier molecular flexibility index (Phi) is 5.41. The number of hydrogen-bond acceptors (Lipinski definition) is 7. The normalized spacial score (nSPS) is 10.3. The highest BCUT2D eigenvalue weighted by Gasteiger charge is 2.11. The van der Waals surface area contributed by atoms with E-state index in [0.717, 1.165) is 5.69 Å². The number of hydrogen-bond donors (Lipinski definition) is 1. The Hall–Kier alpha value is -3.75. The van der Waals surface area contributed by atoms with Gasteiger partial charge in [0.05, 0.1) is 11.3 Å². The van der Waals surface area contributed by atoms with Crippen LogP contribution in [0.4, 0.5) is 11.4 Å². The Morgan fingerprint density at radius 3 is 2.37 bits per heavy atom. The lowest BCUT2D eigenvalue weighted by Crippen LogP contribution is -2.21. The highest BCUT2D eigenvalue weighted by Crippen LogP contribution is 2.15. The standard InChI is InChI=1S/C18H18N6O3/c1-23(2)15-9-5-14(6-10-15)20-17(25)11-27-18(26)13-3-7-16(8-4-13)24-12-19-21-22-24/h3-10,12H,11H2,1-2H3,(H,20,25). The monoisotopic (exact) mass is 366 g/mol. The van der Waals surface area contributed by atoms with E-state index < -0.39 is 11.9 Å². The molecular formula is C18H18N6O3. The summed E-state index contributed by atoms with van der Waals surface area (Å²) < 4.78 is 6.51. The fourth-order valence-electron chi connectivity index (χ4n) is 2.28. The third kappa shape index (κ3) is 4.66. The summed E-state index contributed by atoms with van der Waals surface area (Å²) in [7, 11) is 3.87. The van der Waals surface area contributed by atoms with E-state index in [1.54, 1.807) is 36.4 Å². The molecule has 0 aliphatic heterocycles. The second kappa shape index (κ2) is 8.09. The SMILES string of the molecule is CN(C)c1ccc(NC(=O)COC(=O)c2ccc(-n3cnnn3)cc2)cc1. The van der Waals surface area contributed by atoms with E-state index in [4.69, 9.17) is 4.74 Å². The molecule has 1 N–H and O–H groups in total. The van der Waals surface area contributed by atoms with Crippen molar-refractivity contribution in [2.45, 2.75) is 0 Å². The molecule has 0 saturated heterocycles. The van der Waals surface area contributed by atoms with Crippen molar-refractivity contribution in [1.82, 2.24) is 20.2 Å². The number of rotatable bonds is 6. The van der Waals surface area contributed by atoms with Gasteiger partial charge in [-0.2, -0.15) is 0 Å². The van der Waals surface area contributed by atoms with Gasteiger partial charge in [0, 0.05) is 25.5 Å². The first-order valence-corrected chi connectivity index (χ1v) is 8.11. The molecule has 9 heteroatoms. The Morgan fingerprint density at radius 2 is 1.78 bits per heavy atom. The van der Waals surface area contributed by atoms with E-state index in [0.29, 0.717) is 16.9 Å². The summed E-state index contributed by atoms with van der Waals surface area (Å²) in [5.74, 6) is -0.998. The largest absolute Gasteiger partial charge is 0.452 e. The predicted molar refractivity (Wildman–Crippen MR) is 98.8 cm³/mol. The van der Waals surface area contributed by atoms with Crippen LogP contribution >= 0.6 is 0 Å². The number of amides is 1. The average Bonchev–Trinajstić information content (AvgIpc) is 3.21. The maximum absolute atomic E-state index is 12.1. The van der Waals surface area contributed by atoms with Gasteiger partial charge < -0.3 is 15.0 Å². The van der Waals surface area contributed by atoms with Gasteiger partial charge in [-0.1, -0.05) is 0 Å². The van der Waals surface area contributed by atoms with E-state index in [1.165, 1.54) is 11.0 Å². The molecule has 0 bridgehead atoms. The molecule has 0 aliphatic rings. The molecule has 3 aromatic rings. The first kappa shape index (κ1) is 18.1. The number of carbonyl (C=O) groups excluding carboxylic acids is 2. The minimum absolute atomic E-state index is 0.329. The van der Waals surface area contributed by atoms with Gasteiger partial charge in [-0.3, -0.25) is 4.79 Å². The number of ether oxygens (including phenoxy) is 1. The highest BCUT2D eigenvalue weighted by molar-refractivity contribution is 5.95. The number of carbonyl (C=O) groups is 2. The van der Waals surface area contributed by atoms with E-state index in [2.05, 4.69) is 20.8 Å². The van der Waals surface area contributed by atoms with E-state index in [1.807, 2.05) is 31.1 Å². The topological polar surface area (TPSA) is 102 Å². The molecule has 0 unspecified atom stereocenters. The molecule has 3 rings (SSSR count). The maximum atomic E-state index is 12.1. The fourth-order valence-corrected chi connectivity index (χ4v) is 2.28. The molecule has 9 nitrogen and oxygen atoms in total. The van der Waals surface area contributed by atoms with Gasteiger partial charge in [-0.25, -0.2) is 9.48 Å². The smallest absolute Gasteiger partial charge is 0.338 e. The summed E-state index contributed by atoms with van der Waals surface area (Å²) in [6.45, 7) is -0.372. The van der Waals surface area contributed by atoms with Crippen molar-refractivity contribution in [3.63, 3.8) is 0 Å². The highest BCUT2D eigenvalue weighted by atomic mass is 16.5. The molecule has 138 valence electrons. The number of nitrogens with one attached hydrogen (secondary N) is 1. The van der Waals surface area contributed by atoms with Gasteiger partial charge >= 0.3 is 5.97 Å². The quantitative estimate of drug-likeness (QED) is 0.660. The van der Waals surface area contributed by atoms with Crippen molar-refractivity contribution in [2.75, 3.05) is 30.9 Å². The Balaban J connectivity index is 1.51. The fraction of sp³-hybridized carbons (Fsp3) is 0.167. The van der Waals surface area contributed by atoms with Crippen LogP contribution in [-0.4, -0.2) is 52.8 Å². The molecule has 0 radical (unpaired) electrons. The van der Waals surface area contributed by atoms with Crippen molar-refractivity contribution in [2.24, 2.45) is 0 Å². The lowest BCUT2D eigenvalue weighted by molar-refractivity contribution is -0.119. The number of benzene rings is 2. The summed E-state index contributed by atoms with van der Waals surface area (Å²) in [6, 6.07) is 13.9. The summed E-state index contributed by atoms with van der Waals surface area (Å²) in [4.78, 5) is 26.0. The van der Waals surface area contributed by atoms with Gasteiger partial charge in [0.25, 0.3) is 5.91 Å². The van der Waals surface area contributed by atoms with Crippen LogP contribution in [0.15, 0.2) is 54.9 Å². The Labute approximate surface area is 155 Å². The third-order valence-electron chi connectivity index (χ3n) is 3.72. The van der Waals surface area contributed by atoms with Crippen molar-refractivity contribution in [3.8, 4) is 5.69 Å². The molecule has 1 heterocycles. The predicted octanol–water partition coefficient (Wildman–Crippen LogP) is 1.52. The third-order valence-corrected chi connectivity index (χ3v) is 3.72. The maximum Gasteiger partial charge on any atom is 0.338 e. The minimum atomic E-state index is -0.587. The number of nitrogens with zero attached hydrogens (tertiary/aromatic N) is 5. The van der Waals surface area contributed by atoms with Gasteiger partial charge in [0.2, 0.25) is 0 Å². The minimum Gasteiger partial charge on any atom is -0.452 e. The summed E-state index contributed by atoms with van der Waals surface area (Å²) >= 11 is 0. The summed E-state index contributed by atoms with van der Waals surface area (Å²) in [5.41, 5.74) is 2.68. The lowest BCUT2D eigenvalue weighted by atomic mass is 10.2. The van der Waals surface area contributed by atoms with Crippen LogP contribution < -0.4 is 10.2 Å². The second-order valence-electron chi connectivity index (χ2n) is 5.87. The van der Waals surface area contributed by atoms with E-state index in [-0.39, 0.29) is 6.61 Å². The number of aromatic nitrogens is 4. The van der Waals surface area contributed by atoms with Crippen LogP contribution in [0.3, 0.4) is 0 Å². The summed E-state index contributed by atoms with van der Waals surface area (Å²) in [6.07, 6.45) is 1.45. The van der Waals surface area contributed by atoms with Crippen molar-refractivity contribution >= 4 is 23.3 Å². The van der Waals surface area contributed by atoms with Crippen LogP contribution in [0.5, 0.6) is 0 Å². The molecule has 0 aliphatic carbocycles. The van der Waals surface area contributed by atoms with Crippen molar-refractivity contribution in [1.29, 1.82) is 0 Å². The Bertz CT molecular complexity index is 905. The number of tetrazole rings is 1. The van der Waals surface area contributed by atoms with E-state index >= 15 is 0 Å². The Morgan fingerprint density at radius 1 is 1.07 bits per heavy atom. The average molecular weight is 366 g/mol. The number of anilines is 2. The zero-order valence-corrected chi connectivity index (χ0v) is 14.9. The zero-order valence-electron chi connectivity index (χ0n) is 14.9. The molecule has 2 aromatic carbocycles. The first-order chi connectivity index (χ1) is 13.0. The van der Waals surface area contributed by atoms with Gasteiger partial charge in [-0.05, 0) is 59.0 Å². The second-order valence-corrected chi connectivity index (χ2v) is 5.87. The summed E-state index contributed by atoms with van der Waals surface area (Å²) in [5, 5.41) is 13.5. The van der Waals surface area contributed by atoms with Crippen LogP contribution in [0.1, 0.15) is 10.4 Å². The van der Waals surface area contributed by atoms with Crippen LogP contribution in [0.25, 0.3) is 5.69 Å². The molecular weight excluding hydrogens is 348 g/mol. The molecule has 27 heavy (non-hydrogen) atoms. The van der Waals surface area contributed by atoms with Crippen molar-refractivity contribution in [3.05, 3.63) is 60.4 Å². The number of esters is 1. The first-order valence-electron chi connectivity index (χ1n) is 8.11.